The zero-order valence-electron chi connectivity index (χ0n) is 9.68. The molecule has 92 valence electrons. The van der Waals surface area contributed by atoms with Crippen LogP contribution in [0.25, 0.3) is 11.1 Å². The molecule has 0 fully saturated rings. The summed E-state index contributed by atoms with van der Waals surface area (Å²) < 4.78 is 5.68. The number of rotatable bonds is 2. The molecule has 0 heterocycles. The maximum Gasteiger partial charge on any atom is 0.338 e. The smallest absolute Gasteiger partial charge is 0.338 e. The fourth-order valence-corrected chi connectivity index (χ4v) is 1.96. The van der Waals surface area contributed by atoms with Crippen LogP contribution in [0.1, 0.15) is 10.4 Å². The molecule has 2 rings (SSSR count). The van der Waals surface area contributed by atoms with Gasteiger partial charge in [0, 0.05) is 4.47 Å². The minimum Gasteiger partial charge on any atom is -0.508 e. The molecule has 0 saturated heterocycles. The van der Waals surface area contributed by atoms with Crippen LogP contribution in [0.3, 0.4) is 0 Å². The molecule has 0 unspecified atom stereocenters. The molecule has 0 aliphatic heterocycles. The molecule has 0 atom stereocenters. The number of aromatic hydroxyl groups is 1. The van der Waals surface area contributed by atoms with Crippen LogP contribution >= 0.6 is 15.9 Å². The Kier molecular flexibility index (Phi) is 3.67. The first kappa shape index (κ1) is 12.6. The van der Waals surface area contributed by atoms with Crippen molar-refractivity contribution in [3.8, 4) is 16.9 Å². The number of ether oxygens (including phenoxy) is 1. The van der Waals surface area contributed by atoms with E-state index in [0.29, 0.717) is 5.56 Å². The van der Waals surface area contributed by atoms with E-state index in [1.54, 1.807) is 12.1 Å². The Labute approximate surface area is 113 Å². The molecule has 2 aromatic rings. The first-order valence-electron chi connectivity index (χ1n) is 5.29. The first-order valence-corrected chi connectivity index (χ1v) is 6.08. The van der Waals surface area contributed by atoms with Crippen molar-refractivity contribution in [2.45, 2.75) is 0 Å². The van der Waals surface area contributed by atoms with Gasteiger partial charge in [-0.25, -0.2) is 4.79 Å². The third-order valence-electron chi connectivity index (χ3n) is 2.56. The average molecular weight is 307 g/mol. The molecule has 0 amide bonds. The molecule has 0 saturated carbocycles. The fraction of sp³-hybridized carbons (Fsp3) is 0.0714. The molecule has 0 aliphatic carbocycles. The molecule has 18 heavy (non-hydrogen) atoms. The van der Waals surface area contributed by atoms with Gasteiger partial charge < -0.3 is 9.84 Å². The molecule has 3 nitrogen and oxygen atoms in total. The minimum atomic E-state index is -0.469. The van der Waals surface area contributed by atoms with Crippen LogP contribution in [0.2, 0.25) is 0 Å². The number of carbonyl (C=O) groups is 1. The standard InChI is InChI=1S/C14H11BrO3/c1-18-14(17)13-8-11(16)6-7-12(13)9-2-4-10(15)5-3-9/h2-8,16H,1H3. The highest BCUT2D eigenvalue weighted by Gasteiger charge is 2.14. The summed E-state index contributed by atoms with van der Waals surface area (Å²) in [6.45, 7) is 0. The summed E-state index contributed by atoms with van der Waals surface area (Å²) in [7, 11) is 1.32. The quantitative estimate of drug-likeness (QED) is 0.862. The number of esters is 1. The molecule has 0 aromatic heterocycles. The van der Waals surface area contributed by atoms with Gasteiger partial charge in [0.05, 0.1) is 12.7 Å². The van der Waals surface area contributed by atoms with Gasteiger partial charge in [0.25, 0.3) is 0 Å². The van der Waals surface area contributed by atoms with Gasteiger partial charge in [0.15, 0.2) is 0 Å². The van der Waals surface area contributed by atoms with Crippen molar-refractivity contribution < 1.29 is 14.6 Å². The Hall–Kier alpha value is -1.81. The largest absolute Gasteiger partial charge is 0.508 e. The predicted octanol–water partition coefficient (Wildman–Crippen LogP) is 3.61. The van der Waals surface area contributed by atoms with E-state index in [1.807, 2.05) is 24.3 Å². The van der Waals surface area contributed by atoms with E-state index in [4.69, 9.17) is 4.74 Å². The molecule has 0 spiro atoms. The lowest BCUT2D eigenvalue weighted by Crippen LogP contribution is -2.03. The SMILES string of the molecule is COC(=O)c1cc(O)ccc1-c1ccc(Br)cc1. The lowest BCUT2D eigenvalue weighted by Gasteiger charge is -2.08. The van der Waals surface area contributed by atoms with E-state index in [0.717, 1.165) is 15.6 Å². The highest BCUT2D eigenvalue weighted by molar-refractivity contribution is 9.10. The van der Waals surface area contributed by atoms with Crippen molar-refractivity contribution in [3.63, 3.8) is 0 Å². The summed E-state index contributed by atoms with van der Waals surface area (Å²) in [6.07, 6.45) is 0. The number of benzene rings is 2. The second-order valence-corrected chi connectivity index (χ2v) is 4.64. The fourth-order valence-electron chi connectivity index (χ4n) is 1.69. The van der Waals surface area contributed by atoms with Crippen LogP contribution in [-0.4, -0.2) is 18.2 Å². The Morgan fingerprint density at radius 2 is 1.83 bits per heavy atom. The van der Waals surface area contributed by atoms with Crippen molar-refractivity contribution in [3.05, 3.63) is 52.5 Å². The normalized spacial score (nSPS) is 10.1. The average Bonchev–Trinajstić information content (AvgIpc) is 2.39. The number of hydrogen-bond acceptors (Lipinski definition) is 3. The predicted molar refractivity (Wildman–Crippen MR) is 72.6 cm³/mol. The first-order chi connectivity index (χ1) is 8.61. The van der Waals surface area contributed by atoms with Gasteiger partial charge >= 0.3 is 5.97 Å². The molecule has 2 aromatic carbocycles. The summed E-state index contributed by atoms with van der Waals surface area (Å²) >= 11 is 3.36. The number of phenols is 1. The zero-order valence-corrected chi connectivity index (χ0v) is 11.3. The lowest BCUT2D eigenvalue weighted by atomic mass is 9.99. The van der Waals surface area contributed by atoms with Crippen molar-refractivity contribution in [1.29, 1.82) is 0 Å². The van der Waals surface area contributed by atoms with E-state index in [9.17, 15) is 9.90 Å². The van der Waals surface area contributed by atoms with Crippen LogP contribution < -0.4 is 0 Å². The van der Waals surface area contributed by atoms with Crippen molar-refractivity contribution in [2.75, 3.05) is 7.11 Å². The van der Waals surface area contributed by atoms with Crippen LogP contribution in [0, 0.1) is 0 Å². The van der Waals surface area contributed by atoms with E-state index >= 15 is 0 Å². The van der Waals surface area contributed by atoms with Crippen molar-refractivity contribution in [1.82, 2.24) is 0 Å². The second kappa shape index (κ2) is 5.23. The summed E-state index contributed by atoms with van der Waals surface area (Å²) in [6, 6.07) is 12.2. The highest BCUT2D eigenvalue weighted by atomic mass is 79.9. The molecule has 1 N–H and O–H groups in total. The number of phenolic OH excluding ortho intramolecular Hbond substituents is 1. The number of hydrogen-bond donors (Lipinski definition) is 1. The summed E-state index contributed by atoms with van der Waals surface area (Å²) in [5, 5.41) is 9.46. The summed E-state index contributed by atoms with van der Waals surface area (Å²) in [5.41, 5.74) is 1.96. The maximum absolute atomic E-state index is 11.7. The van der Waals surface area contributed by atoms with Gasteiger partial charge in [0.2, 0.25) is 0 Å². The van der Waals surface area contributed by atoms with Crippen LogP contribution in [0.15, 0.2) is 46.9 Å². The summed E-state index contributed by atoms with van der Waals surface area (Å²) in [5.74, 6) is -0.430. The van der Waals surface area contributed by atoms with E-state index in [-0.39, 0.29) is 5.75 Å². The lowest BCUT2D eigenvalue weighted by molar-refractivity contribution is 0.0601. The Bertz CT molecular complexity index is 576. The van der Waals surface area contributed by atoms with Crippen molar-refractivity contribution >= 4 is 21.9 Å². The summed E-state index contributed by atoms with van der Waals surface area (Å²) in [4.78, 5) is 11.7. The molecule has 0 bridgehead atoms. The van der Waals surface area contributed by atoms with Crippen LogP contribution in [-0.2, 0) is 4.74 Å². The molecular formula is C14H11BrO3. The molecule has 4 heteroatoms. The van der Waals surface area contributed by atoms with Gasteiger partial charge in [-0.3, -0.25) is 0 Å². The van der Waals surface area contributed by atoms with Gasteiger partial charge in [-0.2, -0.15) is 0 Å². The monoisotopic (exact) mass is 306 g/mol. The Morgan fingerprint density at radius 1 is 1.17 bits per heavy atom. The Morgan fingerprint density at radius 3 is 2.44 bits per heavy atom. The van der Waals surface area contributed by atoms with Crippen LogP contribution in [0.4, 0.5) is 0 Å². The third kappa shape index (κ3) is 2.54. The van der Waals surface area contributed by atoms with Gasteiger partial charge in [0.1, 0.15) is 5.75 Å². The topological polar surface area (TPSA) is 46.5 Å². The van der Waals surface area contributed by atoms with Gasteiger partial charge in [-0.15, -0.1) is 0 Å². The number of methoxy groups -OCH3 is 1. The molecular weight excluding hydrogens is 296 g/mol. The number of carbonyl (C=O) groups excluding carboxylic acids is 1. The minimum absolute atomic E-state index is 0.0382. The number of halogens is 1. The van der Waals surface area contributed by atoms with E-state index in [2.05, 4.69) is 15.9 Å². The van der Waals surface area contributed by atoms with Gasteiger partial charge in [-0.1, -0.05) is 28.1 Å². The highest BCUT2D eigenvalue weighted by Crippen LogP contribution is 2.28. The van der Waals surface area contributed by atoms with E-state index < -0.39 is 5.97 Å². The van der Waals surface area contributed by atoms with E-state index in [1.165, 1.54) is 13.2 Å². The van der Waals surface area contributed by atoms with Crippen LogP contribution in [0.5, 0.6) is 5.75 Å². The third-order valence-corrected chi connectivity index (χ3v) is 3.09. The zero-order chi connectivity index (χ0) is 13.1. The Balaban J connectivity index is 2.56. The van der Waals surface area contributed by atoms with Crippen molar-refractivity contribution in [2.24, 2.45) is 0 Å². The second-order valence-electron chi connectivity index (χ2n) is 3.73. The molecule has 0 aliphatic rings. The van der Waals surface area contributed by atoms with Gasteiger partial charge in [-0.05, 0) is 41.5 Å². The molecule has 0 radical (unpaired) electrons. The maximum atomic E-state index is 11.7.